The number of furan rings is 1. The van der Waals surface area contributed by atoms with Crippen molar-refractivity contribution in [3.8, 4) is 0 Å². The summed E-state index contributed by atoms with van der Waals surface area (Å²) in [6, 6.07) is 21.0. The van der Waals surface area contributed by atoms with Crippen LogP contribution in [0.1, 0.15) is 23.2 Å². The number of imidazole rings is 1. The first kappa shape index (κ1) is 16.1. The summed E-state index contributed by atoms with van der Waals surface area (Å²) in [7, 11) is 0. The Balaban J connectivity index is 1.60. The molecule has 0 saturated heterocycles. The third-order valence-electron chi connectivity index (χ3n) is 4.41. The largest absolute Gasteiger partial charge is 0.467 e. The number of hydrogen-bond donors (Lipinski definition) is 1. The minimum atomic E-state index is -0.325. The minimum absolute atomic E-state index is 0.0958. The van der Waals surface area contributed by atoms with Crippen molar-refractivity contribution in [2.75, 3.05) is 0 Å². The second-order valence-electron chi connectivity index (χ2n) is 6.16. The summed E-state index contributed by atoms with van der Waals surface area (Å²) in [5.74, 6) is 1.42. The van der Waals surface area contributed by atoms with Crippen molar-refractivity contribution in [2.24, 2.45) is 0 Å². The summed E-state index contributed by atoms with van der Waals surface area (Å²) in [6.07, 6.45) is 1.62. The molecule has 1 atom stereocenters. The molecule has 0 aliphatic carbocycles. The summed E-state index contributed by atoms with van der Waals surface area (Å²) in [6.45, 7) is 2.12. The van der Waals surface area contributed by atoms with Crippen LogP contribution < -0.4 is 5.32 Å². The Hall–Kier alpha value is -3.34. The molecule has 0 saturated carbocycles. The highest BCUT2D eigenvalue weighted by molar-refractivity contribution is 5.81. The van der Waals surface area contributed by atoms with Gasteiger partial charge in [-0.15, -0.1) is 0 Å². The molecule has 0 unspecified atom stereocenters. The van der Waals surface area contributed by atoms with Crippen LogP contribution in [0.4, 0.5) is 0 Å². The van der Waals surface area contributed by atoms with E-state index in [4.69, 9.17) is 4.42 Å². The maximum absolute atomic E-state index is 12.8. The van der Waals surface area contributed by atoms with Gasteiger partial charge < -0.3 is 14.3 Å². The number of carbonyl (C=O) groups is 1. The van der Waals surface area contributed by atoms with Crippen LogP contribution in [0, 0.1) is 6.92 Å². The van der Waals surface area contributed by atoms with E-state index in [1.165, 1.54) is 0 Å². The topological polar surface area (TPSA) is 60.1 Å². The molecule has 4 aromatic rings. The van der Waals surface area contributed by atoms with Crippen LogP contribution in [0.5, 0.6) is 0 Å². The van der Waals surface area contributed by atoms with Crippen LogP contribution in [-0.2, 0) is 11.3 Å². The Morgan fingerprint density at radius 2 is 1.85 bits per heavy atom. The van der Waals surface area contributed by atoms with Gasteiger partial charge in [-0.2, -0.15) is 0 Å². The Kier molecular flexibility index (Phi) is 4.27. The van der Waals surface area contributed by atoms with Gasteiger partial charge in [0.15, 0.2) is 0 Å². The average Bonchev–Trinajstić information content (AvgIpc) is 3.29. The van der Waals surface area contributed by atoms with E-state index in [2.05, 4.69) is 10.3 Å². The van der Waals surface area contributed by atoms with Gasteiger partial charge in [-0.1, -0.05) is 42.5 Å². The lowest BCUT2D eigenvalue weighted by atomic mass is 10.0. The van der Waals surface area contributed by atoms with Crippen molar-refractivity contribution < 1.29 is 9.21 Å². The van der Waals surface area contributed by atoms with E-state index in [1.807, 2.05) is 78.2 Å². The van der Waals surface area contributed by atoms with Gasteiger partial charge in [-0.25, -0.2) is 4.98 Å². The molecular weight excluding hydrogens is 326 g/mol. The Morgan fingerprint density at radius 3 is 2.62 bits per heavy atom. The molecule has 2 aromatic heterocycles. The molecule has 2 heterocycles. The van der Waals surface area contributed by atoms with Crippen LogP contribution in [0.25, 0.3) is 11.0 Å². The quantitative estimate of drug-likeness (QED) is 0.598. The van der Waals surface area contributed by atoms with E-state index < -0.39 is 0 Å². The normalized spacial score (nSPS) is 12.2. The van der Waals surface area contributed by atoms with Crippen LogP contribution >= 0.6 is 0 Å². The van der Waals surface area contributed by atoms with Crippen LogP contribution in [0.15, 0.2) is 77.4 Å². The van der Waals surface area contributed by atoms with Gasteiger partial charge in [-0.3, -0.25) is 4.79 Å². The molecule has 0 radical (unpaired) electrons. The van der Waals surface area contributed by atoms with Gasteiger partial charge in [0.2, 0.25) is 5.91 Å². The molecule has 0 spiro atoms. The first-order valence-corrected chi connectivity index (χ1v) is 8.52. The van der Waals surface area contributed by atoms with Gasteiger partial charge in [0.05, 0.1) is 17.3 Å². The molecule has 1 N–H and O–H groups in total. The van der Waals surface area contributed by atoms with E-state index in [0.29, 0.717) is 5.76 Å². The number of aryl methyl sites for hydroxylation is 1. The first-order valence-electron chi connectivity index (χ1n) is 8.52. The molecular formula is C21H19N3O2. The molecule has 5 heteroatoms. The summed E-state index contributed by atoms with van der Waals surface area (Å²) in [5.41, 5.74) is 2.82. The van der Waals surface area contributed by atoms with E-state index in [1.54, 1.807) is 6.26 Å². The van der Waals surface area contributed by atoms with E-state index in [-0.39, 0.29) is 18.5 Å². The smallest absolute Gasteiger partial charge is 0.240 e. The number of carbonyl (C=O) groups excluding carboxylic acids is 1. The van der Waals surface area contributed by atoms with Crippen LogP contribution in [0.2, 0.25) is 0 Å². The van der Waals surface area contributed by atoms with E-state index >= 15 is 0 Å². The predicted octanol–water partition coefficient (Wildman–Crippen LogP) is 3.84. The zero-order valence-electron chi connectivity index (χ0n) is 14.4. The van der Waals surface area contributed by atoms with Gasteiger partial charge in [-0.05, 0) is 36.8 Å². The molecule has 0 bridgehead atoms. The summed E-state index contributed by atoms with van der Waals surface area (Å²) in [5, 5.41) is 3.08. The van der Waals surface area contributed by atoms with Crippen LogP contribution in [-0.4, -0.2) is 15.5 Å². The molecule has 130 valence electrons. The zero-order chi connectivity index (χ0) is 17.9. The van der Waals surface area contributed by atoms with Crippen LogP contribution in [0.3, 0.4) is 0 Å². The molecule has 2 aromatic carbocycles. The third kappa shape index (κ3) is 3.11. The molecule has 0 fully saturated rings. The number of rotatable bonds is 5. The van der Waals surface area contributed by atoms with Gasteiger partial charge in [0, 0.05) is 0 Å². The monoisotopic (exact) mass is 345 g/mol. The Labute approximate surface area is 151 Å². The number of nitrogens with one attached hydrogen (secondary N) is 1. The SMILES string of the molecule is Cc1nc2ccccc2n1CC(=O)N[C@H](c1ccccc1)c1ccco1. The minimum Gasteiger partial charge on any atom is -0.467 e. The number of para-hydroxylation sites is 2. The maximum atomic E-state index is 12.8. The zero-order valence-corrected chi connectivity index (χ0v) is 14.4. The second kappa shape index (κ2) is 6.88. The number of amides is 1. The molecule has 1 amide bonds. The lowest BCUT2D eigenvalue weighted by molar-refractivity contribution is -0.122. The summed E-state index contributed by atoms with van der Waals surface area (Å²) >= 11 is 0. The van der Waals surface area contributed by atoms with Crippen molar-refractivity contribution in [2.45, 2.75) is 19.5 Å². The number of fused-ring (bicyclic) bond motifs is 1. The summed E-state index contributed by atoms with van der Waals surface area (Å²) < 4.78 is 7.47. The number of hydrogen-bond acceptors (Lipinski definition) is 3. The lowest BCUT2D eigenvalue weighted by Crippen LogP contribution is -2.32. The molecule has 0 aliphatic heterocycles. The maximum Gasteiger partial charge on any atom is 0.240 e. The Morgan fingerprint density at radius 1 is 1.08 bits per heavy atom. The van der Waals surface area contributed by atoms with Crippen molar-refractivity contribution >= 4 is 16.9 Å². The highest BCUT2D eigenvalue weighted by Gasteiger charge is 2.20. The molecule has 5 nitrogen and oxygen atoms in total. The lowest BCUT2D eigenvalue weighted by Gasteiger charge is -2.18. The van der Waals surface area contributed by atoms with Crippen molar-refractivity contribution in [1.29, 1.82) is 0 Å². The fourth-order valence-electron chi connectivity index (χ4n) is 3.17. The van der Waals surface area contributed by atoms with E-state index in [9.17, 15) is 4.79 Å². The summed E-state index contributed by atoms with van der Waals surface area (Å²) in [4.78, 5) is 17.3. The standard InChI is InChI=1S/C21H19N3O2/c1-15-22-17-10-5-6-11-18(17)24(15)14-20(25)23-21(19-12-7-13-26-19)16-8-3-2-4-9-16/h2-13,21H,14H2,1H3,(H,23,25)/t21-/m1/s1. The van der Waals surface area contributed by atoms with Gasteiger partial charge in [0.25, 0.3) is 0 Å². The third-order valence-corrected chi connectivity index (χ3v) is 4.41. The molecule has 4 rings (SSSR count). The van der Waals surface area contributed by atoms with Crippen molar-refractivity contribution in [1.82, 2.24) is 14.9 Å². The van der Waals surface area contributed by atoms with Crippen molar-refractivity contribution in [3.63, 3.8) is 0 Å². The Bertz CT molecular complexity index is 1020. The highest BCUT2D eigenvalue weighted by atomic mass is 16.3. The highest BCUT2D eigenvalue weighted by Crippen LogP contribution is 2.22. The fourth-order valence-corrected chi connectivity index (χ4v) is 3.17. The number of benzene rings is 2. The second-order valence-corrected chi connectivity index (χ2v) is 6.16. The molecule has 26 heavy (non-hydrogen) atoms. The average molecular weight is 345 g/mol. The fraction of sp³-hybridized carbons (Fsp3) is 0.143. The predicted molar refractivity (Wildman–Crippen MR) is 99.6 cm³/mol. The number of aromatic nitrogens is 2. The van der Waals surface area contributed by atoms with Gasteiger partial charge >= 0.3 is 0 Å². The van der Waals surface area contributed by atoms with Gasteiger partial charge in [0.1, 0.15) is 24.2 Å². The van der Waals surface area contributed by atoms with E-state index in [0.717, 1.165) is 22.4 Å². The number of nitrogens with zero attached hydrogens (tertiary/aromatic N) is 2. The molecule has 0 aliphatic rings. The van der Waals surface area contributed by atoms with Crippen molar-refractivity contribution in [3.05, 3.63) is 90.1 Å². The first-order chi connectivity index (χ1) is 12.7.